The van der Waals surface area contributed by atoms with Gasteiger partial charge >= 0.3 is 0 Å². The van der Waals surface area contributed by atoms with Crippen LogP contribution in [0.5, 0.6) is 0 Å². The third-order valence-electron chi connectivity index (χ3n) is 3.66. The smallest absolute Gasteiger partial charge is 0.254 e. The lowest BCUT2D eigenvalue weighted by molar-refractivity contribution is 0.0727. The van der Waals surface area contributed by atoms with Gasteiger partial charge in [0.05, 0.1) is 12.2 Å². The van der Waals surface area contributed by atoms with Crippen molar-refractivity contribution in [2.24, 2.45) is 0 Å². The molecular weight excluding hydrogens is 328 g/mol. The van der Waals surface area contributed by atoms with Crippen LogP contribution in [0.4, 0.5) is 0 Å². The SMILES string of the molecule is O=C(c1ccc(CBr)cc1)N(Cc1ccccn1)C1CC1. The van der Waals surface area contributed by atoms with Gasteiger partial charge in [-0.05, 0) is 42.7 Å². The van der Waals surface area contributed by atoms with Crippen LogP contribution in [0, 0.1) is 0 Å². The number of hydrogen-bond acceptors (Lipinski definition) is 2. The van der Waals surface area contributed by atoms with Crippen LogP contribution in [-0.4, -0.2) is 21.8 Å². The van der Waals surface area contributed by atoms with E-state index in [1.807, 2.05) is 47.4 Å². The van der Waals surface area contributed by atoms with E-state index in [1.165, 1.54) is 5.56 Å². The number of benzene rings is 1. The topological polar surface area (TPSA) is 33.2 Å². The number of pyridine rings is 1. The van der Waals surface area contributed by atoms with E-state index in [0.29, 0.717) is 12.6 Å². The Morgan fingerprint density at radius 2 is 1.95 bits per heavy atom. The second-order valence-electron chi connectivity index (χ2n) is 5.32. The van der Waals surface area contributed by atoms with E-state index in [4.69, 9.17) is 0 Å². The monoisotopic (exact) mass is 344 g/mol. The molecular formula is C17H17BrN2O. The molecule has 4 heteroatoms. The molecule has 0 saturated heterocycles. The van der Waals surface area contributed by atoms with E-state index in [9.17, 15) is 4.79 Å². The van der Waals surface area contributed by atoms with Crippen molar-refractivity contribution >= 4 is 21.8 Å². The summed E-state index contributed by atoms with van der Waals surface area (Å²) in [7, 11) is 0. The van der Waals surface area contributed by atoms with Gasteiger partial charge in [0.1, 0.15) is 0 Å². The van der Waals surface area contributed by atoms with Crippen molar-refractivity contribution in [1.29, 1.82) is 0 Å². The number of amides is 1. The van der Waals surface area contributed by atoms with Gasteiger partial charge in [0.15, 0.2) is 0 Å². The van der Waals surface area contributed by atoms with E-state index in [1.54, 1.807) is 6.20 Å². The maximum absolute atomic E-state index is 12.7. The molecule has 3 rings (SSSR count). The maximum Gasteiger partial charge on any atom is 0.254 e. The van der Waals surface area contributed by atoms with Crippen LogP contribution in [-0.2, 0) is 11.9 Å². The molecule has 1 aliphatic carbocycles. The van der Waals surface area contributed by atoms with Gasteiger partial charge < -0.3 is 4.90 Å². The van der Waals surface area contributed by atoms with Crippen LogP contribution in [0.15, 0.2) is 48.7 Å². The molecule has 21 heavy (non-hydrogen) atoms. The molecule has 0 bridgehead atoms. The summed E-state index contributed by atoms with van der Waals surface area (Å²) in [4.78, 5) is 19.0. The third kappa shape index (κ3) is 3.50. The average molecular weight is 345 g/mol. The number of rotatable bonds is 5. The van der Waals surface area contributed by atoms with E-state index < -0.39 is 0 Å². The molecule has 3 nitrogen and oxygen atoms in total. The summed E-state index contributed by atoms with van der Waals surface area (Å²) in [5, 5.41) is 0.807. The highest BCUT2D eigenvalue weighted by atomic mass is 79.9. The fourth-order valence-electron chi connectivity index (χ4n) is 2.32. The fraction of sp³-hybridized carbons (Fsp3) is 0.294. The van der Waals surface area contributed by atoms with Gasteiger partial charge in [-0.1, -0.05) is 34.1 Å². The van der Waals surface area contributed by atoms with Crippen molar-refractivity contribution in [1.82, 2.24) is 9.88 Å². The van der Waals surface area contributed by atoms with E-state index in [0.717, 1.165) is 29.4 Å². The van der Waals surface area contributed by atoms with E-state index >= 15 is 0 Å². The predicted molar refractivity (Wildman–Crippen MR) is 86.2 cm³/mol. The lowest BCUT2D eigenvalue weighted by Gasteiger charge is -2.22. The first-order valence-electron chi connectivity index (χ1n) is 7.13. The standard InChI is InChI=1S/C17H17BrN2O/c18-11-13-4-6-14(7-5-13)17(21)20(16-8-9-16)12-15-3-1-2-10-19-15/h1-7,10,16H,8-9,11-12H2. The number of halogens is 1. The second kappa shape index (κ2) is 6.39. The summed E-state index contributed by atoms with van der Waals surface area (Å²) in [6.07, 6.45) is 3.96. The molecule has 1 amide bonds. The lowest BCUT2D eigenvalue weighted by atomic mass is 10.1. The average Bonchev–Trinajstić information content (AvgIpc) is 3.38. The quantitative estimate of drug-likeness (QED) is 0.773. The van der Waals surface area contributed by atoms with Crippen molar-refractivity contribution in [2.75, 3.05) is 0 Å². The minimum Gasteiger partial charge on any atom is -0.330 e. The molecule has 2 aromatic rings. The van der Waals surface area contributed by atoms with Crippen LogP contribution >= 0.6 is 15.9 Å². The summed E-state index contributed by atoms with van der Waals surface area (Å²) in [5.41, 5.74) is 2.87. The number of hydrogen-bond donors (Lipinski definition) is 0. The molecule has 0 N–H and O–H groups in total. The molecule has 1 saturated carbocycles. The molecule has 108 valence electrons. The van der Waals surface area contributed by atoms with Crippen LogP contribution in [0.3, 0.4) is 0 Å². The third-order valence-corrected chi connectivity index (χ3v) is 4.31. The van der Waals surface area contributed by atoms with Crippen molar-refractivity contribution in [2.45, 2.75) is 30.8 Å². The first-order valence-corrected chi connectivity index (χ1v) is 8.26. The molecule has 0 spiro atoms. The van der Waals surface area contributed by atoms with Crippen molar-refractivity contribution in [3.8, 4) is 0 Å². The van der Waals surface area contributed by atoms with Crippen LogP contribution in [0.2, 0.25) is 0 Å². The zero-order valence-corrected chi connectivity index (χ0v) is 13.3. The Hall–Kier alpha value is -1.68. The van der Waals surface area contributed by atoms with Crippen molar-refractivity contribution in [3.05, 3.63) is 65.5 Å². The Morgan fingerprint density at radius 3 is 2.52 bits per heavy atom. The Bertz CT molecular complexity index is 608. The second-order valence-corrected chi connectivity index (χ2v) is 5.88. The fourth-order valence-corrected chi connectivity index (χ4v) is 2.70. The number of carbonyl (C=O) groups is 1. The van der Waals surface area contributed by atoms with Crippen molar-refractivity contribution < 1.29 is 4.79 Å². The molecule has 0 radical (unpaired) electrons. The maximum atomic E-state index is 12.7. The van der Waals surface area contributed by atoms with Gasteiger partial charge in [0, 0.05) is 23.1 Å². The number of nitrogens with zero attached hydrogens (tertiary/aromatic N) is 2. The summed E-state index contributed by atoms with van der Waals surface area (Å²) in [6, 6.07) is 14.0. The molecule has 0 atom stereocenters. The van der Waals surface area contributed by atoms with Crippen molar-refractivity contribution in [3.63, 3.8) is 0 Å². The number of aromatic nitrogens is 1. The molecule has 1 aromatic carbocycles. The summed E-state index contributed by atoms with van der Waals surface area (Å²) >= 11 is 3.42. The molecule has 0 unspecified atom stereocenters. The zero-order chi connectivity index (χ0) is 14.7. The van der Waals surface area contributed by atoms with Gasteiger partial charge in [-0.3, -0.25) is 9.78 Å². The van der Waals surface area contributed by atoms with Crippen LogP contribution in [0.25, 0.3) is 0 Å². The Kier molecular flexibility index (Phi) is 4.34. The predicted octanol–water partition coefficient (Wildman–Crippen LogP) is 3.78. The molecule has 1 heterocycles. The van der Waals surface area contributed by atoms with Gasteiger partial charge in [-0.2, -0.15) is 0 Å². The zero-order valence-electron chi connectivity index (χ0n) is 11.7. The largest absolute Gasteiger partial charge is 0.330 e. The number of carbonyl (C=O) groups excluding carboxylic acids is 1. The summed E-state index contributed by atoms with van der Waals surface area (Å²) in [6.45, 7) is 0.588. The minimum absolute atomic E-state index is 0.101. The summed E-state index contributed by atoms with van der Waals surface area (Å²) in [5.74, 6) is 0.101. The Balaban J connectivity index is 1.78. The van der Waals surface area contributed by atoms with Crippen LogP contribution < -0.4 is 0 Å². The highest BCUT2D eigenvalue weighted by Gasteiger charge is 2.33. The van der Waals surface area contributed by atoms with Crippen LogP contribution in [0.1, 0.15) is 34.5 Å². The minimum atomic E-state index is 0.101. The van der Waals surface area contributed by atoms with Gasteiger partial charge in [-0.25, -0.2) is 0 Å². The molecule has 1 fully saturated rings. The lowest BCUT2D eigenvalue weighted by Crippen LogP contribution is -2.32. The first-order chi connectivity index (χ1) is 10.3. The highest BCUT2D eigenvalue weighted by molar-refractivity contribution is 9.08. The molecule has 0 aliphatic heterocycles. The molecule has 1 aromatic heterocycles. The van der Waals surface area contributed by atoms with Gasteiger partial charge in [0.2, 0.25) is 0 Å². The Labute approximate surface area is 133 Å². The van der Waals surface area contributed by atoms with Gasteiger partial charge in [0.25, 0.3) is 5.91 Å². The normalized spacial score (nSPS) is 14.0. The summed E-state index contributed by atoms with van der Waals surface area (Å²) < 4.78 is 0. The molecule has 1 aliphatic rings. The Morgan fingerprint density at radius 1 is 1.19 bits per heavy atom. The van der Waals surface area contributed by atoms with E-state index in [2.05, 4.69) is 20.9 Å². The van der Waals surface area contributed by atoms with Gasteiger partial charge in [-0.15, -0.1) is 0 Å². The highest BCUT2D eigenvalue weighted by Crippen LogP contribution is 2.29. The number of alkyl halides is 1. The first kappa shape index (κ1) is 14.3. The van der Waals surface area contributed by atoms with E-state index in [-0.39, 0.29) is 5.91 Å².